The number of hydrogen-bond acceptors (Lipinski definition) is 14. The van der Waals surface area contributed by atoms with E-state index in [4.69, 9.17) is 28.4 Å². The van der Waals surface area contributed by atoms with Gasteiger partial charge in [-0.05, 0) is 18.6 Å². The van der Waals surface area contributed by atoms with Crippen LogP contribution in [-0.4, -0.2) is 63.5 Å². The van der Waals surface area contributed by atoms with Crippen LogP contribution in [0.15, 0.2) is 38.3 Å². The first-order chi connectivity index (χ1) is 20.6. The van der Waals surface area contributed by atoms with E-state index in [0.717, 1.165) is 29.6 Å². The number of nitrogens with zero attached hydrogens (tertiary/aromatic N) is 2. The second kappa shape index (κ2) is 16.1. The molecule has 0 radical (unpaired) electrons. The van der Waals surface area contributed by atoms with E-state index in [0.29, 0.717) is 31.1 Å². The number of fused-ring (bicyclic) bond motifs is 1. The van der Waals surface area contributed by atoms with Gasteiger partial charge in [-0.2, -0.15) is 10.5 Å². The van der Waals surface area contributed by atoms with Crippen molar-refractivity contribution in [2.24, 2.45) is 10.8 Å². The third kappa shape index (κ3) is 11.2. The average molecular weight is 647 g/mol. The van der Waals surface area contributed by atoms with Gasteiger partial charge >= 0.3 is 23.9 Å². The van der Waals surface area contributed by atoms with E-state index in [1.54, 1.807) is 40.7 Å². The van der Waals surface area contributed by atoms with Crippen molar-refractivity contribution in [2.45, 2.75) is 51.3 Å². The van der Waals surface area contributed by atoms with Gasteiger partial charge < -0.3 is 28.4 Å². The van der Waals surface area contributed by atoms with Crippen LogP contribution in [0, 0.1) is 40.4 Å². The van der Waals surface area contributed by atoms with Gasteiger partial charge in [-0.1, -0.05) is 57.8 Å². The van der Waals surface area contributed by atoms with Gasteiger partial charge in [0, 0.05) is 23.8 Å². The number of benzene rings is 1. The zero-order valence-corrected chi connectivity index (χ0v) is 27.0. The molecule has 0 unspecified atom stereocenters. The molecule has 1 aliphatic rings. The maximum Gasteiger partial charge on any atom is 0.344 e. The van der Waals surface area contributed by atoms with Crippen molar-refractivity contribution in [1.82, 2.24) is 0 Å². The summed E-state index contributed by atoms with van der Waals surface area (Å²) >= 11 is 2.22. The van der Waals surface area contributed by atoms with Gasteiger partial charge in [0.25, 0.3) is 0 Å². The standard InChI is InChI=1S/C30H34N2O10S2/c1-8-22(34)40-15-30(6,7)17-42-24(36)13-38-25-18(2)9-21(26-27(25)44-28(43-26)20(10-31)11-32)37-12-23(35)41-16-29(4,5)14-39-19(3)33/h8-9H,1,12-17H2,2-7H3. The Labute approximate surface area is 264 Å². The molecule has 0 aromatic heterocycles. The third-order valence-electron chi connectivity index (χ3n) is 5.52. The predicted molar refractivity (Wildman–Crippen MR) is 159 cm³/mol. The molecular weight excluding hydrogens is 612 g/mol. The highest BCUT2D eigenvalue weighted by atomic mass is 32.2. The first-order valence-electron chi connectivity index (χ1n) is 13.2. The summed E-state index contributed by atoms with van der Waals surface area (Å²) < 4.78 is 32.7. The summed E-state index contributed by atoms with van der Waals surface area (Å²) in [6.45, 7) is 12.6. The summed E-state index contributed by atoms with van der Waals surface area (Å²) in [6, 6.07) is 5.34. The zero-order chi connectivity index (χ0) is 33.1. The fraction of sp³-hybridized carbons (Fsp3) is 0.467. The van der Waals surface area contributed by atoms with Crippen LogP contribution in [-0.2, 0) is 38.1 Å². The van der Waals surface area contributed by atoms with Crippen molar-refractivity contribution >= 4 is 47.4 Å². The Morgan fingerprint density at radius 3 is 1.86 bits per heavy atom. The van der Waals surface area contributed by atoms with Crippen molar-refractivity contribution < 1.29 is 47.6 Å². The number of hydrogen-bond donors (Lipinski definition) is 0. The fourth-order valence-corrected chi connectivity index (χ4v) is 5.81. The summed E-state index contributed by atoms with van der Waals surface area (Å²) in [7, 11) is 0. The van der Waals surface area contributed by atoms with Gasteiger partial charge in [0.05, 0.1) is 40.5 Å². The van der Waals surface area contributed by atoms with Crippen LogP contribution < -0.4 is 9.47 Å². The second-order valence-corrected chi connectivity index (χ2v) is 13.4. The van der Waals surface area contributed by atoms with Gasteiger partial charge in [-0.25, -0.2) is 14.4 Å². The molecule has 0 spiro atoms. The number of esters is 4. The number of rotatable bonds is 15. The molecule has 14 heteroatoms. The van der Waals surface area contributed by atoms with Crippen LogP contribution >= 0.6 is 23.5 Å². The lowest BCUT2D eigenvalue weighted by Gasteiger charge is -2.23. The molecule has 0 bridgehead atoms. The molecular formula is C30H34N2O10S2. The van der Waals surface area contributed by atoms with Crippen LogP contribution in [0.25, 0.3) is 0 Å². The number of nitriles is 2. The topological polar surface area (TPSA) is 171 Å². The van der Waals surface area contributed by atoms with E-state index in [9.17, 15) is 29.7 Å². The third-order valence-corrected chi connectivity index (χ3v) is 8.14. The first-order valence-corrected chi connectivity index (χ1v) is 14.8. The van der Waals surface area contributed by atoms with Crippen LogP contribution in [0.2, 0.25) is 0 Å². The molecule has 0 atom stereocenters. The minimum atomic E-state index is -0.665. The Bertz CT molecular complexity index is 1400. The predicted octanol–water partition coefficient (Wildman–Crippen LogP) is 4.64. The summed E-state index contributed by atoms with van der Waals surface area (Å²) in [5.74, 6) is -1.72. The van der Waals surface area contributed by atoms with Crippen LogP contribution in [0.5, 0.6) is 11.5 Å². The monoisotopic (exact) mass is 646 g/mol. The normalized spacial score (nSPS) is 12.1. The zero-order valence-electron chi connectivity index (χ0n) is 25.4. The molecule has 2 rings (SSSR count). The molecule has 0 saturated carbocycles. The van der Waals surface area contributed by atoms with Crippen molar-refractivity contribution in [1.29, 1.82) is 10.5 Å². The average Bonchev–Trinajstić information content (AvgIpc) is 3.41. The van der Waals surface area contributed by atoms with Gasteiger partial charge in [-0.3, -0.25) is 4.79 Å². The van der Waals surface area contributed by atoms with E-state index >= 15 is 0 Å². The molecule has 1 heterocycles. The van der Waals surface area contributed by atoms with Crippen LogP contribution in [0.3, 0.4) is 0 Å². The number of carbonyl (C=O) groups excluding carboxylic acids is 4. The molecule has 12 nitrogen and oxygen atoms in total. The van der Waals surface area contributed by atoms with E-state index in [1.165, 1.54) is 6.92 Å². The Balaban J connectivity index is 2.15. The van der Waals surface area contributed by atoms with Crippen molar-refractivity contribution in [3.05, 3.63) is 34.1 Å². The Hall–Kier alpha value is -4.14. The van der Waals surface area contributed by atoms with Gasteiger partial charge in [0.2, 0.25) is 0 Å². The molecule has 1 aromatic rings. The summed E-state index contributed by atoms with van der Waals surface area (Å²) in [6.07, 6.45) is 1.04. The molecule has 0 amide bonds. The van der Waals surface area contributed by atoms with Gasteiger partial charge in [-0.15, -0.1) is 0 Å². The molecule has 0 aliphatic carbocycles. The number of allylic oxidation sites excluding steroid dienone is 1. The minimum absolute atomic E-state index is 0.00910. The van der Waals surface area contributed by atoms with Crippen LogP contribution in [0.1, 0.15) is 40.2 Å². The van der Waals surface area contributed by atoms with Crippen LogP contribution in [0.4, 0.5) is 0 Å². The van der Waals surface area contributed by atoms with E-state index < -0.39 is 47.9 Å². The highest BCUT2D eigenvalue weighted by Crippen LogP contribution is 2.59. The Morgan fingerprint density at radius 2 is 1.34 bits per heavy atom. The largest absolute Gasteiger partial charge is 0.481 e. The Morgan fingerprint density at radius 1 is 0.841 bits per heavy atom. The van der Waals surface area contributed by atoms with Gasteiger partial charge in [0.15, 0.2) is 13.2 Å². The number of carbonyl (C=O) groups is 4. The van der Waals surface area contributed by atoms with E-state index in [2.05, 4.69) is 6.58 Å². The maximum atomic E-state index is 12.5. The van der Waals surface area contributed by atoms with Gasteiger partial charge in [0.1, 0.15) is 29.2 Å². The quantitative estimate of drug-likeness (QED) is 0.112. The molecule has 0 saturated heterocycles. The molecule has 0 N–H and O–H groups in total. The number of ether oxygens (including phenoxy) is 6. The molecule has 0 fully saturated rings. The number of thioether (sulfide) groups is 2. The molecule has 1 aliphatic heterocycles. The highest BCUT2D eigenvalue weighted by Gasteiger charge is 2.31. The molecule has 236 valence electrons. The maximum absolute atomic E-state index is 12.5. The second-order valence-electron chi connectivity index (χ2n) is 11.1. The smallest absolute Gasteiger partial charge is 0.344 e. The summed E-state index contributed by atoms with van der Waals surface area (Å²) in [5.41, 5.74) is -0.811. The lowest BCUT2D eigenvalue weighted by atomic mass is 9.96. The SMILES string of the molecule is C=CC(=O)OCC(C)(C)COC(=O)COc1c(C)cc(OCC(=O)OCC(C)(C)COC(C)=O)c2c1SC(=C(C#N)C#N)S2. The summed E-state index contributed by atoms with van der Waals surface area (Å²) in [4.78, 5) is 48.4. The number of aryl methyl sites for hydroxylation is 1. The lowest BCUT2D eigenvalue weighted by molar-refractivity contribution is -0.154. The highest BCUT2D eigenvalue weighted by molar-refractivity contribution is 8.24. The van der Waals surface area contributed by atoms with Crippen molar-refractivity contribution in [3.63, 3.8) is 0 Å². The fourth-order valence-electron chi connectivity index (χ4n) is 3.23. The minimum Gasteiger partial charge on any atom is -0.481 e. The summed E-state index contributed by atoms with van der Waals surface area (Å²) in [5, 5.41) is 18.8. The lowest BCUT2D eigenvalue weighted by Crippen LogP contribution is -2.29. The Kier molecular flexibility index (Phi) is 13.2. The molecule has 1 aromatic carbocycles. The first kappa shape index (κ1) is 36.1. The van der Waals surface area contributed by atoms with E-state index in [-0.39, 0.29) is 32.0 Å². The van der Waals surface area contributed by atoms with E-state index in [1.807, 2.05) is 12.1 Å². The van der Waals surface area contributed by atoms with Crippen molar-refractivity contribution in [2.75, 3.05) is 39.6 Å². The van der Waals surface area contributed by atoms with Crippen molar-refractivity contribution in [3.8, 4) is 23.6 Å². The molecule has 44 heavy (non-hydrogen) atoms.